The van der Waals surface area contributed by atoms with Crippen LogP contribution in [0.5, 0.6) is 5.75 Å². The minimum atomic E-state index is -0.910. The summed E-state index contributed by atoms with van der Waals surface area (Å²) in [6, 6.07) is 15.0. The number of ether oxygens (including phenoxy) is 4. The van der Waals surface area contributed by atoms with Crippen LogP contribution in [-0.4, -0.2) is 37.7 Å². The molecule has 37 heavy (non-hydrogen) atoms. The molecule has 0 aromatic heterocycles. The van der Waals surface area contributed by atoms with Crippen molar-refractivity contribution in [3.63, 3.8) is 0 Å². The molecule has 1 heterocycles. The summed E-state index contributed by atoms with van der Waals surface area (Å²) in [6.07, 6.45) is 0. The summed E-state index contributed by atoms with van der Waals surface area (Å²) in [7, 11) is 0. The zero-order valence-corrected chi connectivity index (χ0v) is 20.7. The lowest BCUT2D eigenvalue weighted by atomic mass is 9.82. The molecule has 0 aliphatic carbocycles. The number of nitriles is 1. The van der Waals surface area contributed by atoms with Crippen molar-refractivity contribution in [2.45, 2.75) is 26.7 Å². The van der Waals surface area contributed by atoms with Gasteiger partial charge in [0.15, 0.2) is 6.61 Å². The third kappa shape index (κ3) is 6.27. The first-order valence-corrected chi connectivity index (χ1v) is 11.5. The van der Waals surface area contributed by atoms with E-state index >= 15 is 0 Å². The van der Waals surface area contributed by atoms with Gasteiger partial charge in [-0.25, -0.2) is 9.59 Å². The lowest BCUT2D eigenvalue weighted by molar-refractivity contribution is -0.139. The van der Waals surface area contributed by atoms with E-state index in [1.165, 1.54) is 0 Å². The zero-order valence-electron chi connectivity index (χ0n) is 20.7. The average Bonchev–Trinajstić information content (AvgIpc) is 2.88. The van der Waals surface area contributed by atoms with E-state index in [-0.39, 0.29) is 48.4 Å². The molecule has 192 valence electrons. The van der Waals surface area contributed by atoms with Crippen LogP contribution in [0.25, 0.3) is 0 Å². The maximum atomic E-state index is 12.8. The minimum Gasteiger partial charge on any atom is -0.483 e. The van der Waals surface area contributed by atoms with Crippen molar-refractivity contribution in [1.82, 2.24) is 0 Å². The number of nitrogens with two attached hydrogens (primary N) is 1. The van der Waals surface area contributed by atoms with Gasteiger partial charge in [-0.2, -0.15) is 5.26 Å². The minimum absolute atomic E-state index is 0.0239. The maximum absolute atomic E-state index is 12.8. The number of para-hydroxylation sites is 1. The predicted octanol–water partition coefficient (Wildman–Crippen LogP) is 3.53. The number of carbonyl (C=O) groups is 3. The van der Waals surface area contributed by atoms with Gasteiger partial charge in [-0.3, -0.25) is 4.79 Å². The molecule has 1 amide bonds. The first-order chi connectivity index (χ1) is 17.8. The van der Waals surface area contributed by atoms with Crippen molar-refractivity contribution in [2.24, 2.45) is 5.73 Å². The van der Waals surface area contributed by atoms with Gasteiger partial charge in [-0.05, 0) is 51.1 Å². The van der Waals surface area contributed by atoms with E-state index < -0.39 is 23.8 Å². The number of esters is 2. The molecule has 0 fully saturated rings. The highest BCUT2D eigenvalue weighted by atomic mass is 16.5. The van der Waals surface area contributed by atoms with Gasteiger partial charge >= 0.3 is 11.9 Å². The third-order valence-electron chi connectivity index (χ3n) is 5.37. The van der Waals surface area contributed by atoms with Crippen molar-refractivity contribution < 1.29 is 33.3 Å². The molecular weight excluding hydrogens is 478 g/mol. The van der Waals surface area contributed by atoms with Crippen LogP contribution in [0.2, 0.25) is 0 Å². The topological polar surface area (TPSA) is 150 Å². The fourth-order valence-corrected chi connectivity index (χ4v) is 3.76. The molecule has 3 rings (SSSR count). The highest BCUT2D eigenvalue weighted by Crippen LogP contribution is 2.42. The summed E-state index contributed by atoms with van der Waals surface area (Å²) in [5, 5.41) is 12.5. The van der Waals surface area contributed by atoms with Crippen LogP contribution in [0.1, 0.15) is 42.6 Å². The SMILES string of the molecule is CCOC(=O)C1=C(C)OC(N)=C(C#N)C1c1ccccc1OCC(=O)Nc1ccc(C(=O)OCC)cc1. The average molecular weight is 506 g/mol. The Hall–Kier alpha value is -4.78. The second kappa shape index (κ2) is 12.3. The number of amides is 1. The molecular formula is C27H27N3O7. The summed E-state index contributed by atoms with van der Waals surface area (Å²) in [5.74, 6) is -2.12. The van der Waals surface area contributed by atoms with E-state index in [9.17, 15) is 19.6 Å². The molecule has 0 bridgehead atoms. The highest BCUT2D eigenvalue weighted by molar-refractivity contribution is 5.94. The van der Waals surface area contributed by atoms with Crippen LogP contribution in [0.3, 0.4) is 0 Å². The number of nitrogens with zero attached hydrogens (tertiary/aromatic N) is 1. The van der Waals surface area contributed by atoms with Crippen molar-refractivity contribution >= 4 is 23.5 Å². The van der Waals surface area contributed by atoms with Gasteiger partial charge in [0, 0.05) is 11.3 Å². The number of carbonyl (C=O) groups excluding carboxylic acids is 3. The van der Waals surface area contributed by atoms with Crippen molar-refractivity contribution in [1.29, 1.82) is 5.26 Å². The van der Waals surface area contributed by atoms with Gasteiger partial charge < -0.3 is 30.0 Å². The first-order valence-electron chi connectivity index (χ1n) is 11.5. The van der Waals surface area contributed by atoms with Gasteiger partial charge in [-0.1, -0.05) is 18.2 Å². The Kier molecular flexibility index (Phi) is 8.89. The Bertz CT molecular complexity index is 1290. The highest BCUT2D eigenvalue weighted by Gasteiger charge is 2.37. The van der Waals surface area contributed by atoms with Gasteiger partial charge in [-0.15, -0.1) is 0 Å². The number of hydrogen-bond acceptors (Lipinski definition) is 9. The van der Waals surface area contributed by atoms with E-state index in [0.29, 0.717) is 16.8 Å². The molecule has 0 radical (unpaired) electrons. The standard InChI is InChI=1S/C27H27N3O7/c1-4-34-26(32)17-10-12-18(13-11-17)30-22(31)15-36-21-9-7-6-8-19(21)24-20(14-28)25(29)37-16(3)23(24)27(33)35-5-2/h6-13,24H,4-5,15,29H2,1-3H3,(H,30,31). The Morgan fingerprint density at radius 2 is 1.68 bits per heavy atom. The molecule has 10 heteroatoms. The van der Waals surface area contributed by atoms with Crippen LogP contribution in [0, 0.1) is 11.3 Å². The number of benzene rings is 2. The van der Waals surface area contributed by atoms with Crippen molar-refractivity contribution in [2.75, 3.05) is 25.1 Å². The molecule has 0 spiro atoms. The summed E-state index contributed by atoms with van der Waals surface area (Å²) < 4.78 is 21.4. The summed E-state index contributed by atoms with van der Waals surface area (Å²) in [6.45, 7) is 4.97. The Labute approximate surface area is 214 Å². The summed E-state index contributed by atoms with van der Waals surface area (Å²) in [4.78, 5) is 37.1. The van der Waals surface area contributed by atoms with Gasteiger partial charge in [0.2, 0.25) is 5.88 Å². The molecule has 2 aromatic rings. The van der Waals surface area contributed by atoms with Crippen LogP contribution in [0.15, 0.2) is 71.3 Å². The Morgan fingerprint density at radius 3 is 2.32 bits per heavy atom. The zero-order chi connectivity index (χ0) is 26.9. The van der Waals surface area contributed by atoms with E-state index in [2.05, 4.69) is 5.32 Å². The molecule has 2 aromatic carbocycles. The second-order valence-electron chi connectivity index (χ2n) is 7.79. The van der Waals surface area contributed by atoms with E-state index in [1.807, 2.05) is 6.07 Å². The summed E-state index contributed by atoms with van der Waals surface area (Å²) in [5.41, 5.74) is 7.38. The molecule has 10 nitrogen and oxygen atoms in total. The van der Waals surface area contributed by atoms with E-state index in [4.69, 9.17) is 24.7 Å². The smallest absolute Gasteiger partial charge is 0.338 e. The fraction of sp³-hybridized carbons (Fsp3) is 0.259. The molecule has 1 unspecified atom stereocenters. The monoisotopic (exact) mass is 505 g/mol. The normalized spacial score (nSPS) is 14.8. The second-order valence-corrected chi connectivity index (χ2v) is 7.79. The molecule has 1 aliphatic rings. The first kappa shape index (κ1) is 26.8. The van der Waals surface area contributed by atoms with E-state index in [0.717, 1.165) is 0 Å². The number of allylic oxidation sites excluding steroid dienone is 2. The molecule has 0 saturated carbocycles. The maximum Gasteiger partial charge on any atom is 0.338 e. The molecule has 1 aliphatic heterocycles. The quantitative estimate of drug-likeness (QED) is 0.488. The van der Waals surface area contributed by atoms with Gasteiger partial charge in [0.05, 0.1) is 30.3 Å². The molecule has 0 saturated heterocycles. The van der Waals surface area contributed by atoms with Gasteiger partial charge in [0.25, 0.3) is 5.91 Å². The number of nitrogens with one attached hydrogen (secondary N) is 1. The third-order valence-corrected chi connectivity index (χ3v) is 5.37. The van der Waals surface area contributed by atoms with Crippen LogP contribution in [0.4, 0.5) is 5.69 Å². The number of anilines is 1. The molecule has 1 atom stereocenters. The van der Waals surface area contributed by atoms with Crippen LogP contribution < -0.4 is 15.8 Å². The predicted molar refractivity (Wildman–Crippen MR) is 133 cm³/mol. The lowest BCUT2D eigenvalue weighted by Crippen LogP contribution is -2.26. The van der Waals surface area contributed by atoms with Gasteiger partial charge in [0.1, 0.15) is 23.2 Å². The van der Waals surface area contributed by atoms with Crippen LogP contribution >= 0.6 is 0 Å². The lowest BCUT2D eigenvalue weighted by Gasteiger charge is -2.28. The fourth-order valence-electron chi connectivity index (χ4n) is 3.76. The number of hydrogen-bond donors (Lipinski definition) is 2. The Balaban J connectivity index is 1.81. The van der Waals surface area contributed by atoms with Crippen LogP contribution in [-0.2, 0) is 23.8 Å². The van der Waals surface area contributed by atoms with E-state index in [1.54, 1.807) is 69.3 Å². The molecule has 3 N–H and O–H groups in total. The summed E-state index contributed by atoms with van der Waals surface area (Å²) >= 11 is 0. The number of rotatable bonds is 9. The van der Waals surface area contributed by atoms with Crippen molar-refractivity contribution in [3.8, 4) is 11.8 Å². The Morgan fingerprint density at radius 1 is 1.03 bits per heavy atom. The van der Waals surface area contributed by atoms with Crippen molar-refractivity contribution in [3.05, 3.63) is 82.4 Å². The largest absolute Gasteiger partial charge is 0.483 e.